The number of piperidine rings is 1. The fourth-order valence-corrected chi connectivity index (χ4v) is 5.51. The molecule has 0 aromatic carbocycles. The molecular formula is C20H37N5O2S2. The monoisotopic (exact) mass is 443 g/mol. The molecule has 1 fully saturated rings. The molecule has 1 saturated heterocycles. The molecule has 29 heavy (non-hydrogen) atoms. The summed E-state index contributed by atoms with van der Waals surface area (Å²) in [6, 6.07) is 4.63. The van der Waals surface area contributed by atoms with Crippen LogP contribution in [0.4, 0.5) is 0 Å². The van der Waals surface area contributed by atoms with Gasteiger partial charge < -0.3 is 10.6 Å². The van der Waals surface area contributed by atoms with Gasteiger partial charge in [0.2, 0.25) is 10.0 Å². The van der Waals surface area contributed by atoms with E-state index in [-0.39, 0.29) is 0 Å². The largest absolute Gasteiger partial charge is 0.357 e. The van der Waals surface area contributed by atoms with Gasteiger partial charge in [-0.2, -0.15) is 0 Å². The molecule has 1 aliphatic heterocycles. The van der Waals surface area contributed by atoms with Crippen LogP contribution in [0.5, 0.6) is 0 Å². The molecule has 1 unspecified atom stereocenters. The van der Waals surface area contributed by atoms with E-state index in [2.05, 4.69) is 49.7 Å². The Morgan fingerprint density at radius 3 is 2.59 bits per heavy atom. The molecular weight excluding hydrogens is 406 g/mol. The smallest absolute Gasteiger partial charge is 0.209 e. The van der Waals surface area contributed by atoms with Crippen molar-refractivity contribution in [3.63, 3.8) is 0 Å². The minimum absolute atomic E-state index is 0.313. The van der Waals surface area contributed by atoms with Crippen molar-refractivity contribution in [2.45, 2.75) is 52.1 Å². The molecule has 2 heterocycles. The number of likely N-dealkylation sites (tertiary alicyclic amines) is 1. The van der Waals surface area contributed by atoms with Gasteiger partial charge in [0.1, 0.15) is 0 Å². The van der Waals surface area contributed by atoms with Gasteiger partial charge in [0.05, 0.1) is 18.8 Å². The first kappa shape index (κ1) is 24.1. The summed E-state index contributed by atoms with van der Waals surface area (Å²) < 4.78 is 25.8. The van der Waals surface area contributed by atoms with Gasteiger partial charge in [0.25, 0.3) is 0 Å². The first-order valence-corrected chi connectivity index (χ1v) is 13.2. The lowest BCUT2D eigenvalue weighted by atomic mass is 9.97. The van der Waals surface area contributed by atoms with Crippen LogP contribution in [0.3, 0.4) is 0 Å². The summed E-state index contributed by atoms with van der Waals surface area (Å²) in [5.41, 5.74) is -0.647. The topological polar surface area (TPSA) is 85.8 Å². The molecule has 1 aromatic heterocycles. The molecule has 0 saturated carbocycles. The van der Waals surface area contributed by atoms with Gasteiger partial charge in [-0.3, -0.25) is 9.89 Å². The van der Waals surface area contributed by atoms with E-state index >= 15 is 0 Å². The lowest BCUT2D eigenvalue weighted by Gasteiger charge is -2.36. The Hall–Kier alpha value is -1.16. The normalized spacial score (nSPS) is 18.6. The number of nitrogens with one attached hydrogen (secondary N) is 3. The Morgan fingerprint density at radius 2 is 2.03 bits per heavy atom. The van der Waals surface area contributed by atoms with E-state index in [1.165, 1.54) is 24.0 Å². The van der Waals surface area contributed by atoms with Crippen molar-refractivity contribution >= 4 is 27.3 Å². The van der Waals surface area contributed by atoms with Crippen LogP contribution in [-0.2, 0) is 10.0 Å². The van der Waals surface area contributed by atoms with Crippen LogP contribution < -0.4 is 15.4 Å². The summed E-state index contributed by atoms with van der Waals surface area (Å²) >= 11 is 1.80. The van der Waals surface area contributed by atoms with E-state index in [9.17, 15) is 8.42 Å². The van der Waals surface area contributed by atoms with Crippen molar-refractivity contribution in [1.29, 1.82) is 0 Å². The van der Waals surface area contributed by atoms with E-state index in [1.54, 1.807) is 11.3 Å². The van der Waals surface area contributed by atoms with E-state index in [0.29, 0.717) is 18.5 Å². The van der Waals surface area contributed by atoms with E-state index < -0.39 is 15.6 Å². The van der Waals surface area contributed by atoms with Gasteiger partial charge in [0.15, 0.2) is 5.96 Å². The van der Waals surface area contributed by atoms with Gasteiger partial charge in [-0.05, 0) is 64.1 Å². The Bertz CT molecular complexity index is 739. The highest BCUT2D eigenvalue weighted by Gasteiger charge is 2.26. The maximum atomic E-state index is 11.6. The average Bonchev–Trinajstić information content (AvgIpc) is 3.13. The summed E-state index contributed by atoms with van der Waals surface area (Å²) in [5.74, 6) is 1.51. The van der Waals surface area contributed by atoms with Crippen LogP contribution in [0.15, 0.2) is 22.5 Å². The molecule has 0 amide bonds. The molecule has 1 aliphatic rings. The average molecular weight is 444 g/mol. The maximum absolute atomic E-state index is 11.6. The second kappa shape index (κ2) is 10.7. The molecule has 0 radical (unpaired) electrons. The highest BCUT2D eigenvalue weighted by Crippen LogP contribution is 2.29. The number of rotatable bonds is 9. The molecule has 0 spiro atoms. The number of hydrogen-bond acceptors (Lipinski definition) is 5. The van der Waals surface area contributed by atoms with E-state index in [4.69, 9.17) is 0 Å². The van der Waals surface area contributed by atoms with Gasteiger partial charge in [-0.15, -0.1) is 11.3 Å². The van der Waals surface area contributed by atoms with Crippen LogP contribution in [0, 0.1) is 5.92 Å². The van der Waals surface area contributed by atoms with Crippen molar-refractivity contribution in [2.75, 3.05) is 39.0 Å². The summed E-state index contributed by atoms with van der Waals surface area (Å²) in [5, 5.41) is 8.89. The van der Waals surface area contributed by atoms with Gasteiger partial charge >= 0.3 is 0 Å². The third-order valence-corrected chi connectivity index (χ3v) is 6.93. The number of guanidine groups is 1. The zero-order valence-corrected chi connectivity index (χ0v) is 20.0. The van der Waals surface area contributed by atoms with Crippen LogP contribution in [0.1, 0.15) is 51.5 Å². The molecule has 0 bridgehead atoms. The fourth-order valence-electron chi connectivity index (χ4n) is 3.58. The highest BCUT2D eigenvalue weighted by atomic mass is 32.2. The number of thiophene rings is 1. The van der Waals surface area contributed by atoms with Crippen molar-refractivity contribution in [1.82, 2.24) is 20.3 Å². The van der Waals surface area contributed by atoms with Crippen LogP contribution in [0.2, 0.25) is 0 Å². The number of sulfonamides is 1. The van der Waals surface area contributed by atoms with Crippen LogP contribution in [0.25, 0.3) is 0 Å². The molecule has 1 atom stereocenters. The molecule has 7 nitrogen and oxygen atoms in total. The molecule has 1 aromatic rings. The third-order valence-electron chi connectivity index (χ3n) is 5.03. The minimum atomic E-state index is -3.28. The number of aliphatic imine (C=N–C) groups is 1. The van der Waals surface area contributed by atoms with Crippen LogP contribution >= 0.6 is 11.3 Å². The summed E-state index contributed by atoms with van der Waals surface area (Å²) in [7, 11) is -3.28. The van der Waals surface area contributed by atoms with Crippen molar-refractivity contribution < 1.29 is 8.42 Å². The Balaban J connectivity index is 2.05. The Morgan fingerprint density at radius 1 is 1.34 bits per heavy atom. The Kier molecular flexibility index (Phi) is 8.93. The zero-order valence-electron chi connectivity index (χ0n) is 18.4. The first-order chi connectivity index (χ1) is 13.6. The maximum Gasteiger partial charge on any atom is 0.209 e. The SMILES string of the molecule is CCNC(=NCC(C)(C)NS(C)(=O)=O)NCC(c1cccs1)N1CCC(C)CC1. The first-order valence-electron chi connectivity index (χ1n) is 10.4. The lowest BCUT2D eigenvalue weighted by molar-refractivity contribution is 0.140. The summed E-state index contributed by atoms with van der Waals surface area (Å²) in [6.45, 7) is 12.1. The van der Waals surface area contributed by atoms with Gasteiger partial charge in [-0.25, -0.2) is 13.1 Å². The van der Waals surface area contributed by atoms with Crippen molar-refractivity contribution in [3.05, 3.63) is 22.4 Å². The van der Waals surface area contributed by atoms with Crippen molar-refractivity contribution in [2.24, 2.45) is 10.9 Å². The highest BCUT2D eigenvalue weighted by molar-refractivity contribution is 7.88. The van der Waals surface area contributed by atoms with Gasteiger partial charge in [0, 0.05) is 23.5 Å². The zero-order chi connectivity index (χ0) is 21.5. The third kappa shape index (κ3) is 8.62. The number of hydrogen-bond donors (Lipinski definition) is 3. The second-order valence-electron chi connectivity index (χ2n) is 8.58. The standard InChI is InChI=1S/C20H37N5O2S2/c1-6-21-19(23-15-20(3,4)24-29(5,26)27)22-14-17(18-8-7-13-28-18)25-11-9-16(2)10-12-25/h7-8,13,16-17,24H,6,9-12,14-15H2,1-5H3,(H2,21,22,23). The summed E-state index contributed by atoms with van der Waals surface area (Å²) in [6.07, 6.45) is 3.65. The second-order valence-corrected chi connectivity index (χ2v) is 11.3. The Labute approximate surface area is 180 Å². The van der Waals surface area contributed by atoms with E-state index in [1.807, 2.05) is 20.8 Å². The molecule has 0 aliphatic carbocycles. The quantitative estimate of drug-likeness (QED) is 0.403. The fraction of sp³-hybridized carbons (Fsp3) is 0.750. The number of nitrogens with zero attached hydrogens (tertiary/aromatic N) is 2. The van der Waals surface area contributed by atoms with Crippen molar-refractivity contribution in [3.8, 4) is 0 Å². The predicted molar refractivity (Wildman–Crippen MR) is 123 cm³/mol. The summed E-state index contributed by atoms with van der Waals surface area (Å²) in [4.78, 5) is 8.56. The van der Waals surface area contributed by atoms with Gasteiger partial charge in [-0.1, -0.05) is 13.0 Å². The molecule has 166 valence electrons. The van der Waals surface area contributed by atoms with Crippen LogP contribution in [-0.4, -0.2) is 63.8 Å². The minimum Gasteiger partial charge on any atom is -0.357 e. The molecule has 9 heteroatoms. The van der Waals surface area contributed by atoms with E-state index in [0.717, 1.165) is 32.1 Å². The predicted octanol–water partition coefficient (Wildman–Crippen LogP) is 2.40. The lowest BCUT2D eigenvalue weighted by Crippen LogP contribution is -2.48. The molecule has 2 rings (SSSR count). The molecule has 3 N–H and O–H groups in total.